The Hall–Kier alpha value is -2.54. The predicted octanol–water partition coefficient (Wildman–Crippen LogP) is 2.14. The third-order valence-corrected chi connectivity index (χ3v) is 5.26. The molecule has 28 heavy (non-hydrogen) atoms. The van der Waals surface area contributed by atoms with Gasteiger partial charge < -0.3 is 4.90 Å². The number of halogens is 1. The number of hydrogen-bond donors (Lipinski definition) is 0. The first kappa shape index (κ1) is 20.2. The number of rotatable bonds is 5. The number of hydrogen-bond acceptors (Lipinski definition) is 4. The molecule has 1 aromatic carbocycles. The third-order valence-electron chi connectivity index (χ3n) is 5.26. The van der Waals surface area contributed by atoms with Crippen molar-refractivity contribution in [2.24, 2.45) is 5.92 Å². The fourth-order valence-corrected chi connectivity index (χ4v) is 3.70. The topological polar surface area (TPSA) is 58.4 Å². The molecule has 1 atom stereocenters. The molecule has 1 aliphatic rings. The normalized spacial score (nSPS) is 18.3. The van der Waals surface area contributed by atoms with Crippen molar-refractivity contribution in [3.8, 4) is 0 Å². The minimum atomic E-state index is -0.413. The molecule has 0 aliphatic carbocycles. The standard InChI is InChI=1S/C21H27FN4O2/c1-16(2)19-14-25(20(27)15-26-10-3-9-23-21(26)28)12-4-11-24(19)13-17-5-7-18(22)8-6-17/h3,5-10,16,19H,4,11-15H2,1-2H3/t19-/m1/s1. The number of carbonyl (C=O) groups is 1. The van der Waals surface area contributed by atoms with Crippen LogP contribution in [0.25, 0.3) is 0 Å². The van der Waals surface area contributed by atoms with Crippen LogP contribution in [0.2, 0.25) is 0 Å². The highest BCUT2D eigenvalue weighted by Crippen LogP contribution is 2.20. The Bertz CT molecular complexity index is 850. The summed E-state index contributed by atoms with van der Waals surface area (Å²) in [6.07, 6.45) is 3.88. The van der Waals surface area contributed by atoms with Crippen LogP contribution in [0.4, 0.5) is 4.39 Å². The van der Waals surface area contributed by atoms with Crippen LogP contribution in [0.5, 0.6) is 0 Å². The summed E-state index contributed by atoms with van der Waals surface area (Å²) in [6, 6.07) is 8.45. The van der Waals surface area contributed by atoms with Gasteiger partial charge in [-0.15, -0.1) is 0 Å². The van der Waals surface area contributed by atoms with E-state index in [1.807, 2.05) is 17.0 Å². The maximum atomic E-state index is 13.2. The molecule has 1 amide bonds. The Morgan fingerprint density at radius 3 is 2.68 bits per heavy atom. The summed E-state index contributed by atoms with van der Waals surface area (Å²) in [4.78, 5) is 32.6. The zero-order valence-electron chi connectivity index (χ0n) is 16.4. The molecule has 1 saturated heterocycles. The molecule has 3 rings (SSSR count). The number of aromatic nitrogens is 2. The average Bonchev–Trinajstić information content (AvgIpc) is 2.88. The lowest BCUT2D eigenvalue weighted by molar-refractivity contribution is -0.132. The van der Waals surface area contributed by atoms with E-state index in [-0.39, 0.29) is 24.3 Å². The van der Waals surface area contributed by atoms with Gasteiger partial charge in [0.1, 0.15) is 12.4 Å². The van der Waals surface area contributed by atoms with E-state index >= 15 is 0 Å². The first-order valence-corrected chi connectivity index (χ1v) is 9.72. The Balaban J connectivity index is 1.71. The van der Waals surface area contributed by atoms with Crippen molar-refractivity contribution in [3.63, 3.8) is 0 Å². The molecule has 2 heterocycles. The van der Waals surface area contributed by atoms with Gasteiger partial charge >= 0.3 is 5.69 Å². The van der Waals surface area contributed by atoms with E-state index < -0.39 is 5.69 Å². The third kappa shape index (κ3) is 5.04. The predicted molar refractivity (Wildman–Crippen MR) is 105 cm³/mol. The van der Waals surface area contributed by atoms with Crippen LogP contribution in [0.3, 0.4) is 0 Å². The maximum absolute atomic E-state index is 13.2. The van der Waals surface area contributed by atoms with Crippen LogP contribution in [-0.4, -0.2) is 50.9 Å². The van der Waals surface area contributed by atoms with Crippen LogP contribution < -0.4 is 5.69 Å². The summed E-state index contributed by atoms with van der Waals surface area (Å²) in [7, 11) is 0. The molecular formula is C21H27FN4O2. The Morgan fingerprint density at radius 1 is 1.25 bits per heavy atom. The Morgan fingerprint density at radius 2 is 2.00 bits per heavy atom. The molecule has 0 radical (unpaired) electrons. The summed E-state index contributed by atoms with van der Waals surface area (Å²) in [6.45, 7) is 7.20. The van der Waals surface area contributed by atoms with Gasteiger partial charge in [0.25, 0.3) is 0 Å². The molecule has 1 fully saturated rings. The zero-order valence-corrected chi connectivity index (χ0v) is 16.4. The quantitative estimate of drug-likeness (QED) is 0.790. The Kier molecular flexibility index (Phi) is 6.57. The summed E-state index contributed by atoms with van der Waals surface area (Å²) in [5.74, 6) is 0.0572. The molecule has 0 saturated carbocycles. The van der Waals surface area contributed by atoms with Crippen LogP contribution in [-0.2, 0) is 17.9 Å². The van der Waals surface area contributed by atoms with Gasteiger partial charge in [0.05, 0.1) is 0 Å². The molecule has 7 heteroatoms. The highest BCUT2D eigenvalue weighted by atomic mass is 19.1. The monoisotopic (exact) mass is 386 g/mol. The highest BCUT2D eigenvalue weighted by molar-refractivity contribution is 5.76. The van der Waals surface area contributed by atoms with Crippen molar-refractivity contribution in [1.82, 2.24) is 19.4 Å². The number of nitrogens with zero attached hydrogens (tertiary/aromatic N) is 4. The van der Waals surface area contributed by atoms with Crippen molar-refractivity contribution in [3.05, 3.63) is 64.6 Å². The van der Waals surface area contributed by atoms with Crippen LogP contribution in [0, 0.1) is 11.7 Å². The second-order valence-corrected chi connectivity index (χ2v) is 7.63. The van der Waals surface area contributed by atoms with E-state index in [4.69, 9.17) is 0 Å². The molecule has 2 aromatic rings. The molecule has 150 valence electrons. The molecule has 0 spiro atoms. The average molecular weight is 386 g/mol. The largest absolute Gasteiger partial charge is 0.347 e. The van der Waals surface area contributed by atoms with Gasteiger partial charge in [-0.2, -0.15) is 0 Å². The van der Waals surface area contributed by atoms with Crippen molar-refractivity contribution in [2.45, 2.75) is 39.4 Å². The van der Waals surface area contributed by atoms with E-state index in [0.717, 1.165) is 25.1 Å². The zero-order chi connectivity index (χ0) is 20.1. The molecule has 1 aromatic heterocycles. The fourth-order valence-electron chi connectivity index (χ4n) is 3.70. The molecule has 1 aliphatic heterocycles. The van der Waals surface area contributed by atoms with E-state index in [1.54, 1.807) is 12.3 Å². The lowest BCUT2D eigenvalue weighted by atomic mass is 10.0. The van der Waals surface area contributed by atoms with Gasteiger partial charge in [0.15, 0.2) is 0 Å². The van der Waals surface area contributed by atoms with Gasteiger partial charge in [0.2, 0.25) is 5.91 Å². The van der Waals surface area contributed by atoms with Crippen LogP contribution in [0.1, 0.15) is 25.8 Å². The van der Waals surface area contributed by atoms with Crippen LogP contribution >= 0.6 is 0 Å². The van der Waals surface area contributed by atoms with E-state index in [2.05, 4.69) is 23.7 Å². The molecule has 0 N–H and O–H groups in total. The molecule has 6 nitrogen and oxygen atoms in total. The second-order valence-electron chi connectivity index (χ2n) is 7.63. The minimum Gasteiger partial charge on any atom is -0.340 e. The van der Waals surface area contributed by atoms with Crippen LogP contribution in [0.15, 0.2) is 47.5 Å². The van der Waals surface area contributed by atoms with Gasteiger partial charge in [0, 0.05) is 44.6 Å². The highest BCUT2D eigenvalue weighted by Gasteiger charge is 2.29. The maximum Gasteiger partial charge on any atom is 0.347 e. The first-order chi connectivity index (χ1) is 13.4. The molecule has 0 unspecified atom stereocenters. The molecular weight excluding hydrogens is 359 g/mol. The minimum absolute atomic E-state index is 0.00938. The van der Waals surface area contributed by atoms with Crippen molar-refractivity contribution < 1.29 is 9.18 Å². The van der Waals surface area contributed by atoms with Crippen molar-refractivity contribution in [2.75, 3.05) is 19.6 Å². The molecule has 0 bridgehead atoms. The van der Waals surface area contributed by atoms with E-state index in [9.17, 15) is 14.0 Å². The van der Waals surface area contributed by atoms with Gasteiger partial charge in [-0.05, 0) is 36.1 Å². The summed E-state index contributed by atoms with van der Waals surface area (Å²) in [5.41, 5.74) is 0.651. The fraction of sp³-hybridized carbons (Fsp3) is 0.476. The smallest absolute Gasteiger partial charge is 0.340 e. The second kappa shape index (κ2) is 9.10. The van der Waals surface area contributed by atoms with E-state index in [1.165, 1.54) is 22.9 Å². The Labute approximate surface area is 164 Å². The van der Waals surface area contributed by atoms with Crippen molar-refractivity contribution in [1.29, 1.82) is 0 Å². The number of amides is 1. The lowest BCUT2D eigenvalue weighted by Gasteiger charge is -2.34. The van der Waals surface area contributed by atoms with Crippen molar-refractivity contribution >= 4 is 5.91 Å². The SMILES string of the molecule is CC(C)[C@H]1CN(C(=O)Cn2cccnc2=O)CCCN1Cc1ccc(F)cc1. The van der Waals surface area contributed by atoms with Gasteiger partial charge in [-0.25, -0.2) is 14.2 Å². The lowest BCUT2D eigenvalue weighted by Crippen LogP contribution is -2.46. The van der Waals surface area contributed by atoms with Gasteiger partial charge in [-0.1, -0.05) is 26.0 Å². The summed E-state index contributed by atoms with van der Waals surface area (Å²) >= 11 is 0. The first-order valence-electron chi connectivity index (χ1n) is 9.72. The van der Waals surface area contributed by atoms with E-state index in [0.29, 0.717) is 19.0 Å². The summed E-state index contributed by atoms with van der Waals surface area (Å²) in [5, 5.41) is 0. The summed E-state index contributed by atoms with van der Waals surface area (Å²) < 4.78 is 14.5. The number of benzene rings is 1. The number of carbonyl (C=O) groups excluding carboxylic acids is 1. The van der Waals surface area contributed by atoms with Gasteiger partial charge in [-0.3, -0.25) is 14.3 Å².